The summed E-state index contributed by atoms with van der Waals surface area (Å²) in [7, 11) is 3.40. The van der Waals surface area contributed by atoms with E-state index in [9.17, 15) is 4.39 Å². The normalized spacial score (nSPS) is 19.0. The highest BCUT2D eigenvalue weighted by atomic mass is 127. The monoisotopic (exact) mass is 528 g/mol. The molecule has 28 heavy (non-hydrogen) atoms. The molecule has 2 unspecified atom stereocenters. The number of rotatable bonds is 8. The first-order valence-corrected chi connectivity index (χ1v) is 9.67. The Labute approximate surface area is 189 Å². The Morgan fingerprint density at radius 2 is 2.25 bits per heavy atom. The van der Waals surface area contributed by atoms with Gasteiger partial charge in [-0.2, -0.15) is 0 Å². The predicted octanol–water partition coefficient (Wildman–Crippen LogP) is 3.06. The van der Waals surface area contributed by atoms with E-state index < -0.39 is 0 Å². The molecule has 1 fully saturated rings. The molecule has 1 aliphatic heterocycles. The fourth-order valence-corrected chi connectivity index (χ4v) is 3.50. The van der Waals surface area contributed by atoms with E-state index in [2.05, 4.69) is 20.5 Å². The second kappa shape index (κ2) is 13.5. The predicted molar refractivity (Wildman–Crippen MR) is 122 cm³/mol. The molecule has 0 bridgehead atoms. The van der Waals surface area contributed by atoms with Gasteiger partial charge in [0.05, 0.1) is 18.8 Å². The van der Waals surface area contributed by atoms with Crippen molar-refractivity contribution in [2.24, 2.45) is 4.99 Å². The summed E-state index contributed by atoms with van der Waals surface area (Å²) in [6.07, 6.45) is 0.971. The van der Waals surface area contributed by atoms with Gasteiger partial charge in [-0.25, -0.2) is 4.39 Å². The standard InChI is InChI=1S/C19H30ClFN4O2.HI/c1-14-13-25(9-11-27-14)17(18-15(20)6-4-7-16(18)21)12-24-19(22-2)23-8-5-10-26-3;/h4,6-7,14,17H,5,8-13H2,1-3H3,(H2,22,23,24);1H. The van der Waals surface area contributed by atoms with Crippen LogP contribution in [0.1, 0.15) is 24.9 Å². The summed E-state index contributed by atoms with van der Waals surface area (Å²) >= 11 is 6.36. The summed E-state index contributed by atoms with van der Waals surface area (Å²) in [6, 6.07) is 4.59. The van der Waals surface area contributed by atoms with Crippen molar-refractivity contribution in [3.63, 3.8) is 0 Å². The van der Waals surface area contributed by atoms with Gasteiger partial charge in [-0.05, 0) is 25.5 Å². The topological polar surface area (TPSA) is 58.1 Å². The molecular formula is C19H31ClFIN4O2. The molecule has 6 nitrogen and oxygen atoms in total. The minimum absolute atomic E-state index is 0. The molecule has 0 amide bonds. The number of guanidine groups is 1. The molecule has 1 aromatic carbocycles. The largest absolute Gasteiger partial charge is 0.385 e. The van der Waals surface area contributed by atoms with Gasteiger partial charge in [0.2, 0.25) is 0 Å². The minimum atomic E-state index is -0.295. The fraction of sp³-hybridized carbons (Fsp3) is 0.632. The second-order valence-corrected chi connectivity index (χ2v) is 6.96. The van der Waals surface area contributed by atoms with E-state index in [4.69, 9.17) is 21.1 Å². The average Bonchev–Trinajstić information content (AvgIpc) is 2.65. The smallest absolute Gasteiger partial charge is 0.191 e. The molecule has 0 radical (unpaired) electrons. The molecule has 1 heterocycles. The van der Waals surface area contributed by atoms with Crippen LogP contribution in [0.5, 0.6) is 0 Å². The molecule has 160 valence electrons. The van der Waals surface area contributed by atoms with Crippen molar-refractivity contribution in [1.82, 2.24) is 15.5 Å². The van der Waals surface area contributed by atoms with Gasteiger partial charge in [0.1, 0.15) is 5.82 Å². The molecule has 0 aliphatic carbocycles. The number of ether oxygens (including phenoxy) is 2. The van der Waals surface area contributed by atoms with Crippen LogP contribution in [0.4, 0.5) is 4.39 Å². The number of hydrogen-bond acceptors (Lipinski definition) is 4. The van der Waals surface area contributed by atoms with Crippen LogP contribution >= 0.6 is 35.6 Å². The molecule has 2 rings (SSSR count). The third-order valence-corrected chi connectivity index (χ3v) is 4.88. The molecule has 0 saturated carbocycles. The van der Waals surface area contributed by atoms with E-state index in [1.165, 1.54) is 6.07 Å². The van der Waals surface area contributed by atoms with Gasteiger partial charge in [0.25, 0.3) is 0 Å². The second-order valence-electron chi connectivity index (χ2n) is 6.55. The van der Waals surface area contributed by atoms with Crippen molar-refractivity contribution in [1.29, 1.82) is 0 Å². The average molecular weight is 529 g/mol. The van der Waals surface area contributed by atoms with Gasteiger partial charge in [-0.3, -0.25) is 9.89 Å². The Hall–Kier alpha value is -0.680. The molecule has 1 aromatic rings. The fourth-order valence-electron chi connectivity index (χ4n) is 3.21. The maximum atomic E-state index is 14.6. The van der Waals surface area contributed by atoms with Crippen LogP contribution in [0.25, 0.3) is 0 Å². The van der Waals surface area contributed by atoms with Gasteiger partial charge in [-0.15, -0.1) is 24.0 Å². The third kappa shape index (κ3) is 7.62. The summed E-state index contributed by atoms with van der Waals surface area (Å²) in [4.78, 5) is 6.45. The lowest BCUT2D eigenvalue weighted by molar-refractivity contribution is -0.0343. The third-order valence-electron chi connectivity index (χ3n) is 4.55. The summed E-state index contributed by atoms with van der Waals surface area (Å²) in [6.45, 7) is 6.00. The zero-order chi connectivity index (χ0) is 19.6. The van der Waals surface area contributed by atoms with Gasteiger partial charge >= 0.3 is 0 Å². The van der Waals surface area contributed by atoms with Crippen molar-refractivity contribution in [3.8, 4) is 0 Å². The first-order chi connectivity index (χ1) is 13.1. The number of methoxy groups -OCH3 is 1. The molecule has 1 aliphatic rings. The van der Waals surface area contributed by atoms with Crippen LogP contribution in [0.2, 0.25) is 5.02 Å². The van der Waals surface area contributed by atoms with Crippen LogP contribution in [0.3, 0.4) is 0 Å². The summed E-state index contributed by atoms with van der Waals surface area (Å²) in [5, 5.41) is 6.98. The molecule has 0 spiro atoms. The van der Waals surface area contributed by atoms with Crippen LogP contribution in [0.15, 0.2) is 23.2 Å². The number of benzene rings is 1. The molecule has 2 N–H and O–H groups in total. The van der Waals surface area contributed by atoms with Gasteiger partial charge in [-0.1, -0.05) is 17.7 Å². The SMILES string of the molecule is CN=C(NCCCOC)NCC(c1c(F)cccc1Cl)N1CCOC(C)C1.I. The van der Waals surface area contributed by atoms with Gasteiger partial charge in [0.15, 0.2) is 5.96 Å². The van der Waals surface area contributed by atoms with E-state index in [0.29, 0.717) is 36.3 Å². The maximum absolute atomic E-state index is 14.6. The van der Waals surface area contributed by atoms with Crippen molar-refractivity contribution >= 4 is 41.5 Å². The minimum Gasteiger partial charge on any atom is -0.385 e. The molecule has 1 saturated heterocycles. The summed E-state index contributed by atoms with van der Waals surface area (Å²) < 4.78 is 25.3. The Balaban J connectivity index is 0.00000392. The number of halogens is 3. The van der Waals surface area contributed by atoms with E-state index in [1.807, 2.05) is 6.92 Å². The van der Waals surface area contributed by atoms with Crippen molar-refractivity contribution in [2.45, 2.75) is 25.5 Å². The lowest BCUT2D eigenvalue weighted by atomic mass is 10.0. The van der Waals surface area contributed by atoms with E-state index in [0.717, 1.165) is 26.1 Å². The van der Waals surface area contributed by atoms with Crippen molar-refractivity contribution < 1.29 is 13.9 Å². The number of aliphatic imine (C=N–C) groups is 1. The molecule has 0 aromatic heterocycles. The maximum Gasteiger partial charge on any atom is 0.191 e. The Bertz CT molecular complexity index is 603. The molecule has 9 heteroatoms. The summed E-state index contributed by atoms with van der Waals surface area (Å²) in [5.41, 5.74) is 0.510. The first-order valence-electron chi connectivity index (χ1n) is 9.29. The van der Waals surface area contributed by atoms with Gasteiger partial charge < -0.3 is 20.1 Å². The number of nitrogens with one attached hydrogen (secondary N) is 2. The van der Waals surface area contributed by atoms with Crippen LogP contribution in [0, 0.1) is 5.82 Å². The number of morpholine rings is 1. The highest BCUT2D eigenvalue weighted by Crippen LogP contribution is 2.31. The zero-order valence-electron chi connectivity index (χ0n) is 16.7. The first kappa shape index (κ1) is 25.4. The van der Waals surface area contributed by atoms with Crippen LogP contribution in [-0.2, 0) is 9.47 Å². The van der Waals surface area contributed by atoms with Gasteiger partial charge in [0, 0.05) is 57.5 Å². The Morgan fingerprint density at radius 1 is 1.46 bits per heavy atom. The quantitative estimate of drug-likeness (QED) is 0.235. The van der Waals surface area contributed by atoms with Crippen molar-refractivity contribution in [2.75, 3.05) is 53.6 Å². The summed E-state index contributed by atoms with van der Waals surface area (Å²) in [5.74, 6) is 0.376. The highest BCUT2D eigenvalue weighted by molar-refractivity contribution is 14.0. The number of hydrogen-bond donors (Lipinski definition) is 2. The number of nitrogens with zero attached hydrogens (tertiary/aromatic N) is 2. The van der Waals surface area contributed by atoms with E-state index in [1.54, 1.807) is 26.3 Å². The molecule has 2 atom stereocenters. The molecular weight excluding hydrogens is 498 g/mol. The van der Waals surface area contributed by atoms with Crippen LogP contribution < -0.4 is 10.6 Å². The van der Waals surface area contributed by atoms with Crippen molar-refractivity contribution in [3.05, 3.63) is 34.6 Å². The highest BCUT2D eigenvalue weighted by Gasteiger charge is 2.29. The lowest BCUT2D eigenvalue weighted by Crippen LogP contribution is -2.48. The zero-order valence-corrected chi connectivity index (χ0v) is 19.8. The van der Waals surface area contributed by atoms with E-state index >= 15 is 0 Å². The Morgan fingerprint density at radius 3 is 2.89 bits per heavy atom. The Kier molecular flexibility index (Phi) is 12.2. The van der Waals surface area contributed by atoms with Crippen LogP contribution in [-0.4, -0.2) is 70.5 Å². The van der Waals surface area contributed by atoms with E-state index in [-0.39, 0.29) is 41.9 Å². The lowest BCUT2D eigenvalue weighted by Gasteiger charge is -2.38.